The van der Waals surface area contributed by atoms with Gasteiger partial charge in [-0.25, -0.2) is 0 Å². The first-order chi connectivity index (χ1) is 12.6. The van der Waals surface area contributed by atoms with E-state index in [4.69, 9.17) is 11.6 Å². The first-order valence-electron chi connectivity index (χ1n) is 9.03. The van der Waals surface area contributed by atoms with E-state index in [1.807, 2.05) is 44.2 Å². The SMILES string of the molecule is CCNC(=O)[C@@H](C)[NH2+]C[C@@H](c1ccccc1Cl)c1c[nH]c2ccccc12. The number of halogens is 1. The quantitative estimate of drug-likeness (QED) is 0.588. The number of carbonyl (C=O) groups is 1. The van der Waals surface area contributed by atoms with Crippen LogP contribution in [0.15, 0.2) is 54.7 Å². The summed E-state index contributed by atoms with van der Waals surface area (Å²) < 4.78 is 0. The zero-order chi connectivity index (χ0) is 18.5. The number of hydrogen-bond acceptors (Lipinski definition) is 1. The van der Waals surface area contributed by atoms with Crippen molar-refractivity contribution < 1.29 is 10.1 Å². The third-order valence-corrected chi connectivity index (χ3v) is 5.11. The molecule has 26 heavy (non-hydrogen) atoms. The molecule has 1 aromatic heterocycles. The molecule has 0 aliphatic heterocycles. The van der Waals surface area contributed by atoms with E-state index in [0.717, 1.165) is 22.6 Å². The Hall–Kier alpha value is -2.30. The molecule has 0 aliphatic carbocycles. The number of H-pyrrole nitrogens is 1. The average molecular weight is 371 g/mol. The lowest BCUT2D eigenvalue weighted by molar-refractivity contribution is -0.674. The molecule has 2 aromatic carbocycles. The fourth-order valence-electron chi connectivity index (χ4n) is 3.34. The number of fused-ring (bicyclic) bond motifs is 1. The Morgan fingerprint density at radius 1 is 1.15 bits per heavy atom. The van der Waals surface area contributed by atoms with Gasteiger partial charge in [0.05, 0.1) is 12.5 Å². The zero-order valence-corrected chi connectivity index (χ0v) is 15.9. The molecular weight excluding hydrogens is 346 g/mol. The molecule has 0 saturated carbocycles. The Bertz CT molecular complexity index is 890. The maximum Gasteiger partial charge on any atom is 0.277 e. The molecule has 3 aromatic rings. The highest BCUT2D eigenvalue weighted by Gasteiger charge is 2.24. The van der Waals surface area contributed by atoms with E-state index in [1.54, 1.807) is 0 Å². The van der Waals surface area contributed by atoms with E-state index in [9.17, 15) is 4.79 Å². The van der Waals surface area contributed by atoms with Gasteiger partial charge in [-0.2, -0.15) is 0 Å². The number of nitrogens with two attached hydrogens (primary N) is 1. The Balaban J connectivity index is 1.93. The van der Waals surface area contributed by atoms with Gasteiger partial charge in [0.15, 0.2) is 6.04 Å². The van der Waals surface area contributed by atoms with Crippen molar-refractivity contribution >= 4 is 28.4 Å². The summed E-state index contributed by atoms with van der Waals surface area (Å²) in [5, 5.41) is 6.91. The minimum absolute atomic E-state index is 0.0596. The summed E-state index contributed by atoms with van der Waals surface area (Å²) in [4.78, 5) is 15.4. The lowest BCUT2D eigenvalue weighted by Crippen LogP contribution is -2.92. The van der Waals surface area contributed by atoms with Gasteiger partial charge in [-0.15, -0.1) is 0 Å². The predicted octanol–water partition coefficient (Wildman–Crippen LogP) is 3.04. The molecule has 0 spiro atoms. The lowest BCUT2D eigenvalue weighted by atomic mass is 9.90. The monoisotopic (exact) mass is 370 g/mol. The van der Waals surface area contributed by atoms with Crippen molar-refractivity contribution in [2.24, 2.45) is 0 Å². The topological polar surface area (TPSA) is 61.5 Å². The minimum Gasteiger partial charge on any atom is -0.361 e. The first-order valence-corrected chi connectivity index (χ1v) is 9.41. The van der Waals surface area contributed by atoms with Crippen LogP contribution < -0.4 is 10.6 Å². The van der Waals surface area contributed by atoms with Crippen LogP contribution in [0.1, 0.15) is 30.9 Å². The number of amides is 1. The van der Waals surface area contributed by atoms with Gasteiger partial charge in [0.25, 0.3) is 5.91 Å². The van der Waals surface area contributed by atoms with E-state index >= 15 is 0 Å². The number of carbonyl (C=O) groups excluding carboxylic acids is 1. The highest BCUT2D eigenvalue weighted by Crippen LogP contribution is 2.33. The van der Waals surface area contributed by atoms with Crippen LogP contribution in [0.3, 0.4) is 0 Å². The number of rotatable bonds is 7. The van der Waals surface area contributed by atoms with E-state index in [-0.39, 0.29) is 17.9 Å². The number of benzene rings is 2. The second kappa shape index (κ2) is 8.39. The van der Waals surface area contributed by atoms with Gasteiger partial charge in [-0.05, 0) is 37.1 Å². The van der Waals surface area contributed by atoms with Crippen LogP contribution in [0.25, 0.3) is 10.9 Å². The van der Waals surface area contributed by atoms with E-state index < -0.39 is 0 Å². The van der Waals surface area contributed by atoms with Gasteiger partial charge >= 0.3 is 0 Å². The molecule has 4 N–H and O–H groups in total. The second-order valence-electron chi connectivity index (χ2n) is 6.52. The van der Waals surface area contributed by atoms with Crippen molar-refractivity contribution in [1.29, 1.82) is 0 Å². The zero-order valence-electron chi connectivity index (χ0n) is 15.1. The van der Waals surface area contributed by atoms with Gasteiger partial charge in [0, 0.05) is 28.7 Å². The van der Waals surface area contributed by atoms with Crippen molar-refractivity contribution in [2.45, 2.75) is 25.8 Å². The Morgan fingerprint density at radius 3 is 2.65 bits per heavy atom. The number of quaternary nitrogens is 1. The smallest absolute Gasteiger partial charge is 0.277 e. The summed E-state index contributed by atoms with van der Waals surface area (Å²) in [6.07, 6.45) is 2.06. The van der Waals surface area contributed by atoms with Crippen LogP contribution in [0, 0.1) is 0 Å². The summed E-state index contributed by atoms with van der Waals surface area (Å²) in [6, 6.07) is 16.1. The molecule has 3 rings (SSSR count). The number of aromatic nitrogens is 1. The number of aromatic amines is 1. The molecule has 0 aliphatic rings. The standard InChI is InChI=1S/C21H24ClN3O/c1-3-23-21(26)14(2)24-12-17(15-8-4-6-10-19(15)22)18-13-25-20-11-7-5-9-16(18)20/h4-11,13-14,17,24-25H,3,12H2,1-2H3,(H,23,26)/p+1/t14-,17+/m1/s1. The number of likely N-dealkylation sites (N-methyl/N-ethyl adjacent to an activating group) is 1. The molecule has 136 valence electrons. The minimum atomic E-state index is -0.148. The lowest BCUT2D eigenvalue weighted by Gasteiger charge is -2.19. The van der Waals surface area contributed by atoms with E-state index in [2.05, 4.69) is 40.0 Å². The van der Waals surface area contributed by atoms with Gasteiger partial charge in [0.2, 0.25) is 0 Å². The Labute approximate surface area is 158 Å². The van der Waals surface area contributed by atoms with Crippen molar-refractivity contribution in [3.05, 3.63) is 70.9 Å². The molecule has 4 nitrogen and oxygen atoms in total. The number of hydrogen-bond donors (Lipinski definition) is 3. The largest absolute Gasteiger partial charge is 0.361 e. The van der Waals surface area contributed by atoms with Gasteiger partial charge in [-0.1, -0.05) is 48.0 Å². The van der Waals surface area contributed by atoms with Crippen LogP contribution in [0.2, 0.25) is 5.02 Å². The molecule has 0 fully saturated rings. The van der Waals surface area contributed by atoms with Gasteiger partial charge in [0.1, 0.15) is 0 Å². The maximum absolute atomic E-state index is 12.1. The predicted molar refractivity (Wildman–Crippen MR) is 107 cm³/mol. The Kier molecular flexibility index (Phi) is 5.96. The van der Waals surface area contributed by atoms with Crippen molar-refractivity contribution in [1.82, 2.24) is 10.3 Å². The Morgan fingerprint density at radius 2 is 1.88 bits per heavy atom. The summed E-state index contributed by atoms with van der Waals surface area (Å²) in [5.74, 6) is 0.154. The molecular formula is C21H25ClN3O+. The van der Waals surface area contributed by atoms with E-state index in [1.165, 1.54) is 10.9 Å². The fraction of sp³-hybridized carbons (Fsp3) is 0.286. The molecule has 0 unspecified atom stereocenters. The van der Waals surface area contributed by atoms with Gasteiger partial charge in [-0.3, -0.25) is 4.79 Å². The summed E-state index contributed by atoms with van der Waals surface area (Å²) in [6.45, 7) is 5.25. The third kappa shape index (κ3) is 3.92. The fourth-order valence-corrected chi connectivity index (χ4v) is 3.61. The summed E-state index contributed by atoms with van der Waals surface area (Å²) in [7, 11) is 0. The maximum atomic E-state index is 12.1. The average Bonchev–Trinajstić information content (AvgIpc) is 3.07. The van der Waals surface area contributed by atoms with Crippen LogP contribution in [-0.2, 0) is 4.79 Å². The van der Waals surface area contributed by atoms with Crippen molar-refractivity contribution in [3.63, 3.8) is 0 Å². The summed E-state index contributed by atoms with van der Waals surface area (Å²) >= 11 is 6.51. The molecule has 0 saturated heterocycles. The van der Waals surface area contributed by atoms with Crippen LogP contribution in [-0.4, -0.2) is 30.0 Å². The summed E-state index contributed by atoms with van der Waals surface area (Å²) in [5.41, 5.74) is 3.39. The molecule has 5 heteroatoms. The molecule has 0 radical (unpaired) electrons. The van der Waals surface area contributed by atoms with Crippen LogP contribution in [0.4, 0.5) is 0 Å². The van der Waals surface area contributed by atoms with Gasteiger partial charge < -0.3 is 15.6 Å². The molecule has 1 heterocycles. The van der Waals surface area contributed by atoms with Crippen molar-refractivity contribution in [3.8, 4) is 0 Å². The van der Waals surface area contributed by atoms with Crippen molar-refractivity contribution in [2.75, 3.05) is 13.1 Å². The first kappa shape index (κ1) is 18.5. The van der Waals surface area contributed by atoms with E-state index in [0.29, 0.717) is 6.54 Å². The second-order valence-corrected chi connectivity index (χ2v) is 6.93. The number of para-hydroxylation sites is 1. The normalized spacial score (nSPS) is 13.5. The van der Waals surface area contributed by atoms with Crippen LogP contribution >= 0.6 is 11.6 Å². The highest BCUT2D eigenvalue weighted by atomic mass is 35.5. The van der Waals surface area contributed by atoms with Crippen LogP contribution in [0.5, 0.6) is 0 Å². The highest BCUT2D eigenvalue weighted by molar-refractivity contribution is 6.31. The molecule has 0 bridgehead atoms. The third-order valence-electron chi connectivity index (χ3n) is 4.77. The molecule has 2 atom stereocenters. The molecule has 1 amide bonds. The number of nitrogens with one attached hydrogen (secondary N) is 2.